The summed E-state index contributed by atoms with van der Waals surface area (Å²) in [5.41, 5.74) is 0. The number of carbonyl (C=O) groups excluding carboxylic acids is 1. The SMILES string of the molecule is CCCCCCCCCCCCCCCCCCC/C=C/CC/C=C/CC/C=C/C(O)C(COP(=O)(O)OCC[N+](C)(C)C)NC(=O)CCCCCCCCCCCCCCCCCCCCCCCCC. The standard InChI is InChI=1S/C63H123N2O6P/c1-6-8-10-12-14-16-18-20-22-24-26-28-30-31-32-33-35-36-38-40-42-44-46-48-50-52-54-56-62(66)61(60-71-72(68,69)70-59-58-65(3,4)5)64-63(67)57-55-53-51-49-47-45-43-41-39-37-34-29-27-25-23-21-19-17-15-13-11-9-7-2/h38,40,46,48,54,56,61-62,66H,6-37,39,41-45,47,49-53,55,57-60H2,1-5H3,(H-,64,67,68,69)/p+1/b40-38+,48-46+,56-54+. The van der Waals surface area contributed by atoms with Crippen LogP contribution in [0.4, 0.5) is 0 Å². The highest BCUT2D eigenvalue weighted by molar-refractivity contribution is 7.47. The highest BCUT2D eigenvalue weighted by Crippen LogP contribution is 2.43. The summed E-state index contributed by atoms with van der Waals surface area (Å²) in [6.45, 7) is 4.84. The first-order valence-electron chi connectivity index (χ1n) is 31.4. The fourth-order valence-electron chi connectivity index (χ4n) is 9.43. The van der Waals surface area contributed by atoms with Gasteiger partial charge < -0.3 is 19.8 Å². The fraction of sp³-hybridized carbons (Fsp3) is 0.889. The third kappa shape index (κ3) is 56.4. The van der Waals surface area contributed by atoms with Crippen LogP contribution in [0.25, 0.3) is 0 Å². The average molecular weight is 1040 g/mol. The number of likely N-dealkylation sites (N-methyl/N-ethyl adjacent to an activating group) is 1. The molecule has 0 rings (SSSR count). The molecule has 0 saturated heterocycles. The Bertz CT molecular complexity index is 1270. The Balaban J connectivity index is 4.20. The molecular formula is C63H124N2O6P+. The number of hydrogen-bond donors (Lipinski definition) is 3. The van der Waals surface area contributed by atoms with Crippen LogP contribution in [0, 0.1) is 0 Å². The molecule has 0 aromatic rings. The summed E-state index contributed by atoms with van der Waals surface area (Å²) in [6.07, 6.45) is 71.3. The van der Waals surface area contributed by atoms with Gasteiger partial charge in [0.15, 0.2) is 0 Å². The lowest BCUT2D eigenvalue weighted by atomic mass is 10.0. The number of rotatable bonds is 58. The zero-order valence-corrected chi connectivity index (χ0v) is 49.6. The van der Waals surface area contributed by atoms with Gasteiger partial charge >= 0.3 is 7.82 Å². The summed E-state index contributed by atoms with van der Waals surface area (Å²) < 4.78 is 23.7. The van der Waals surface area contributed by atoms with Crippen LogP contribution in [-0.4, -0.2) is 73.4 Å². The zero-order chi connectivity index (χ0) is 52.7. The number of nitrogens with zero attached hydrogens (tertiary/aromatic N) is 1. The van der Waals surface area contributed by atoms with Crippen LogP contribution in [0.15, 0.2) is 36.5 Å². The van der Waals surface area contributed by atoms with Gasteiger partial charge in [-0.15, -0.1) is 0 Å². The first-order valence-corrected chi connectivity index (χ1v) is 32.9. The second kappa shape index (κ2) is 54.5. The maximum Gasteiger partial charge on any atom is 0.472 e. The van der Waals surface area contributed by atoms with E-state index in [1.165, 1.54) is 244 Å². The number of hydrogen-bond acceptors (Lipinski definition) is 5. The van der Waals surface area contributed by atoms with Crippen molar-refractivity contribution in [1.82, 2.24) is 5.32 Å². The third-order valence-electron chi connectivity index (χ3n) is 14.3. The molecule has 0 aliphatic carbocycles. The lowest BCUT2D eigenvalue weighted by Gasteiger charge is -2.25. The number of aliphatic hydroxyl groups is 1. The first-order chi connectivity index (χ1) is 35.0. The molecule has 3 unspecified atom stereocenters. The van der Waals surface area contributed by atoms with Crippen LogP contribution in [0.2, 0.25) is 0 Å². The third-order valence-corrected chi connectivity index (χ3v) is 15.3. The molecule has 0 fully saturated rings. The van der Waals surface area contributed by atoms with Gasteiger partial charge in [0.1, 0.15) is 13.2 Å². The number of phosphoric ester groups is 1. The lowest BCUT2D eigenvalue weighted by molar-refractivity contribution is -0.870. The van der Waals surface area contributed by atoms with Gasteiger partial charge in [0.05, 0.1) is 39.9 Å². The molecule has 0 bridgehead atoms. The van der Waals surface area contributed by atoms with Gasteiger partial charge in [0.2, 0.25) is 5.91 Å². The molecule has 0 saturated carbocycles. The van der Waals surface area contributed by atoms with Crippen molar-refractivity contribution >= 4 is 13.7 Å². The molecular weight excluding hydrogens is 912 g/mol. The maximum atomic E-state index is 13.0. The molecule has 3 N–H and O–H groups in total. The zero-order valence-electron chi connectivity index (χ0n) is 48.7. The second-order valence-corrected chi connectivity index (χ2v) is 24.2. The maximum absolute atomic E-state index is 13.0. The van der Waals surface area contributed by atoms with Crippen LogP contribution < -0.4 is 5.32 Å². The average Bonchev–Trinajstić information content (AvgIpc) is 3.34. The van der Waals surface area contributed by atoms with Crippen LogP contribution in [0.3, 0.4) is 0 Å². The van der Waals surface area contributed by atoms with Crippen molar-refractivity contribution in [2.24, 2.45) is 0 Å². The summed E-state index contributed by atoms with van der Waals surface area (Å²) in [5.74, 6) is -0.185. The fourth-order valence-corrected chi connectivity index (χ4v) is 10.2. The predicted octanol–water partition coefficient (Wildman–Crippen LogP) is 19.3. The highest BCUT2D eigenvalue weighted by Gasteiger charge is 2.27. The Hall–Kier alpha value is -1.28. The van der Waals surface area contributed by atoms with Crippen molar-refractivity contribution < 1.29 is 32.9 Å². The number of allylic oxidation sites excluding steroid dienone is 5. The minimum Gasteiger partial charge on any atom is -0.387 e. The molecule has 0 heterocycles. The van der Waals surface area contributed by atoms with Crippen LogP contribution in [-0.2, 0) is 18.4 Å². The molecule has 0 spiro atoms. The van der Waals surface area contributed by atoms with Gasteiger partial charge in [-0.25, -0.2) is 4.57 Å². The molecule has 0 radical (unpaired) electrons. The molecule has 72 heavy (non-hydrogen) atoms. The van der Waals surface area contributed by atoms with Crippen molar-refractivity contribution in [3.63, 3.8) is 0 Å². The Morgan fingerprint density at radius 3 is 1.11 bits per heavy atom. The number of quaternary nitrogens is 1. The summed E-state index contributed by atoms with van der Waals surface area (Å²) in [7, 11) is 1.56. The Labute approximate surface area is 448 Å². The summed E-state index contributed by atoms with van der Waals surface area (Å²) in [4.78, 5) is 23.3. The normalized spacial score (nSPS) is 14.0. The number of amides is 1. The Morgan fingerprint density at radius 2 is 0.764 bits per heavy atom. The smallest absolute Gasteiger partial charge is 0.387 e. The van der Waals surface area contributed by atoms with Gasteiger partial charge in [0.25, 0.3) is 0 Å². The van der Waals surface area contributed by atoms with E-state index in [4.69, 9.17) is 9.05 Å². The van der Waals surface area contributed by atoms with E-state index in [9.17, 15) is 19.4 Å². The van der Waals surface area contributed by atoms with Crippen molar-refractivity contribution in [3.05, 3.63) is 36.5 Å². The molecule has 9 heteroatoms. The molecule has 3 atom stereocenters. The van der Waals surface area contributed by atoms with E-state index in [0.717, 1.165) is 44.9 Å². The molecule has 426 valence electrons. The molecule has 0 aromatic carbocycles. The predicted molar refractivity (Wildman–Crippen MR) is 314 cm³/mol. The van der Waals surface area contributed by atoms with E-state index in [1.807, 2.05) is 27.2 Å². The summed E-state index contributed by atoms with van der Waals surface area (Å²) >= 11 is 0. The molecule has 1 amide bonds. The lowest BCUT2D eigenvalue weighted by Crippen LogP contribution is -2.45. The van der Waals surface area contributed by atoms with Crippen LogP contribution in [0.5, 0.6) is 0 Å². The van der Waals surface area contributed by atoms with E-state index in [-0.39, 0.29) is 19.1 Å². The molecule has 0 aliphatic rings. The number of nitrogens with one attached hydrogen (secondary N) is 1. The first kappa shape index (κ1) is 70.7. The van der Waals surface area contributed by atoms with Gasteiger partial charge in [-0.3, -0.25) is 13.8 Å². The largest absolute Gasteiger partial charge is 0.472 e. The van der Waals surface area contributed by atoms with Gasteiger partial charge in [-0.2, -0.15) is 0 Å². The van der Waals surface area contributed by atoms with Gasteiger partial charge in [-0.1, -0.05) is 294 Å². The van der Waals surface area contributed by atoms with Gasteiger partial charge in [-0.05, 0) is 44.9 Å². The summed E-state index contributed by atoms with van der Waals surface area (Å²) in [5, 5.41) is 13.9. The highest BCUT2D eigenvalue weighted by atomic mass is 31.2. The Kier molecular flexibility index (Phi) is 53.5. The minimum absolute atomic E-state index is 0.0553. The van der Waals surface area contributed by atoms with Crippen LogP contribution >= 0.6 is 7.82 Å². The number of phosphoric acid groups is 1. The molecule has 8 nitrogen and oxygen atoms in total. The number of aliphatic hydroxyl groups excluding tert-OH is 1. The van der Waals surface area contributed by atoms with Crippen molar-refractivity contribution in [2.45, 2.75) is 321 Å². The number of unbranched alkanes of at least 4 members (excludes halogenated alkanes) is 41. The van der Waals surface area contributed by atoms with E-state index in [0.29, 0.717) is 17.4 Å². The van der Waals surface area contributed by atoms with Gasteiger partial charge in [0, 0.05) is 6.42 Å². The van der Waals surface area contributed by atoms with Crippen molar-refractivity contribution in [2.75, 3.05) is 40.9 Å². The minimum atomic E-state index is -4.36. The van der Waals surface area contributed by atoms with Crippen LogP contribution in [0.1, 0.15) is 309 Å². The molecule has 0 aromatic heterocycles. The molecule has 0 aliphatic heterocycles. The van der Waals surface area contributed by atoms with Crippen molar-refractivity contribution in [3.8, 4) is 0 Å². The van der Waals surface area contributed by atoms with E-state index in [1.54, 1.807) is 6.08 Å². The Morgan fingerprint density at radius 1 is 0.458 bits per heavy atom. The quantitative estimate of drug-likeness (QED) is 0.0243. The topological polar surface area (TPSA) is 105 Å². The summed E-state index contributed by atoms with van der Waals surface area (Å²) in [6, 6.07) is -0.868. The van der Waals surface area contributed by atoms with Crippen molar-refractivity contribution in [1.29, 1.82) is 0 Å². The van der Waals surface area contributed by atoms with E-state index < -0.39 is 20.0 Å². The van der Waals surface area contributed by atoms with E-state index in [2.05, 4.69) is 43.5 Å². The number of carbonyl (C=O) groups is 1. The second-order valence-electron chi connectivity index (χ2n) is 22.8. The van der Waals surface area contributed by atoms with E-state index >= 15 is 0 Å². The monoisotopic (exact) mass is 1040 g/mol.